The standard InChI is InChI=1S/C23H29N5OSSi/c1-5-17-14-20-19(24-15-17)10-11-21(25-20)28(16-29-12-13-31(2,3)4)23-27-26-22(30-23)18-8-6-7-9-18/h1,10-11,14-15,18H,6-9,12-13,16H2,2-4H3. The highest BCUT2D eigenvalue weighted by Gasteiger charge is 2.24. The number of fused-ring (bicyclic) bond motifs is 1. The van der Waals surface area contributed by atoms with E-state index in [9.17, 15) is 0 Å². The maximum atomic E-state index is 6.08. The van der Waals surface area contributed by atoms with Crippen LogP contribution in [-0.2, 0) is 4.74 Å². The van der Waals surface area contributed by atoms with Crippen molar-refractivity contribution in [3.63, 3.8) is 0 Å². The number of terminal acetylenes is 1. The Bertz CT molecular complexity index is 1080. The largest absolute Gasteiger partial charge is 0.361 e. The maximum absolute atomic E-state index is 6.08. The summed E-state index contributed by atoms with van der Waals surface area (Å²) in [5.41, 5.74) is 2.29. The zero-order valence-electron chi connectivity index (χ0n) is 18.5. The van der Waals surface area contributed by atoms with Crippen LogP contribution < -0.4 is 4.90 Å². The Hall–Kier alpha value is -2.34. The summed E-state index contributed by atoms with van der Waals surface area (Å²) < 4.78 is 6.08. The topological polar surface area (TPSA) is 64.0 Å². The summed E-state index contributed by atoms with van der Waals surface area (Å²) in [5.74, 6) is 3.94. The first kappa shape index (κ1) is 21.9. The number of rotatable bonds is 8. The predicted molar refractivity (Wildman–Crippen MR) is 130 cm³/mol. The molecule has 0 aromatic carbocycles. The second-order valence-electron chi connectivity index (χ2n) is 9.26. The van der Waals surface area contributed by atoms with E-state index in [0.29, 0.717) is 12.6 Å². The van der Waals surface area contributed by atoms with E-state index in [-0.39, 0.29) is 0 Å². The minimum Gasteiger partial charge on any atom is -0.361 e. The van der Waals surface area contributed by atoms with Crippen LogP contribution in [0.3, 0.4) is 0 Å². The van der Waals surface area contributed by atoms with Crippen molar-refractivity contribution in [2.45, 2.75) is 57.3 Å². The van der Waals surface area contributed by atoms with Gasteiger partial charge >= 0.3 is 0 Å². The van der Waals surface area contributed by atoms with Crippen molar-refractivity contribution in [3.8, 4) is 12.3 Å². The normalized spacial score (nSPS) is 14.8. The van der Waals surface area contributed by atoms with Gasteiger partial charge in [-0.05, 0) is 37.1 Å². The number of hydrogen-bond acceptors (Lipinski definition) is 7. The molecule has 0 radical (unpaired) electrons. The van der Waals surface area contributed by atoms with E-state index < -0.39 is 8.07 Å². The van der Waals surface area contributed by atoms with Gasteiger partial charge in [0.15, 0.2) is 0 Å². The zero-order chi connectivity index (χ0) is 21.8. The maximum Gasteiger partial charge on any atom is 0.215 e. The molecule has 0 spiro atoms. The van der Waals surface area contributed by atoms with Crippen molar-refractivity contribution < 1.29 is 4.74 Å². The third-order valence-electron chi connectivity index (χ3n) is 5.55. The van der Waals surface area contributed by atoms with Gasteiger partial charge in [0, 0.05) is 32.4 Å². The van der Waals surface area contributed by atoms with Crippen LogP contribution in [0.25, 0.3) is 11.0 Å². The second-order valence-corrected chi connectivity index (χ2v) is 15.9. The molecule has 0 N–H and O–H groups in total. The summed E-state index contributed by atoms with van der Waals surface area (Å²) in [5, 5.41) is 11.0. The van der Waals surface area contributed by atoms with Crippen molar-refractivity contribution in [2.24, 2.45) is 0 Å². The Labute approximate surface area is 189 Å². The molecule has 0 bridgehead atoms. The van der Waals surface area contributed by atoms with E-state index in [1.807, 2.05) is 23.1 Å². The van der Waals surface area contributed by atoms with Gasteiger partial charge in [0.2, 0.25) is 5.13 Å². The molecule has 8 heteroatoms. The van der Waals surface area contributed by atoms with Gasteiger partial charge in [-0.25, -0.2) is 4.98 Å². The zero-order valence-corrected chi connectivity index (χ0v) is 20.3. The summed E-state index contributed by atoms with van der Waals surface area (Å²) >= 11 is 1.65. The molecule has 3 aromatic rings. The van der Waals surface area contributed by atoms with E-state index >= 15 is 0 Å². The van der Waals surface area contributed by atoms with Crippen LogP contribution in [0.1, 0.15) is 42.2 Å². The number of aromatic nitrogens is 4. The molecule has 1 aliphatic rings. The summed E-state index contributed by atoms with van der Waals surface area (Å²) in [6, 6.07) is 6.93. The molecule has 0 unspecified atom stereocenters. The molecule has 0 saturated heterocycles. The molecule has 0 aliphatic heterocycles. The Morgan fingerprint density at radius 3 is 2.74 bits per heavy atom. The highest BCUT2D eigenvalue weighted by atomic mass is 32.1. The van der Waals surface area contributed by atoms with Gasteiger partial charge < -0.3 is 4.74 Å². The Morgan fingerprint density at radius 1 is 1.19 bits per heavy atom. The fraction of sp³-hybridized carbons (Fsp3) is 0.478. The molecule has 0 amide bonds. The first-order valence-corrected chi connectivity index (χ1v) is 15.4. The smallest absolute Gasteiger partial charge is 0.215 e. The third kappa shape index (κ3) is 5.48. The van der Waals surface area contributed by atoms with E-state index in [1.165, 1.54) is 25.7 Å². The lowest BCUT2D eigenvalue weighted by atomic mass is 10.1. The molecule has 162 valence electrons. The van der Waals surface area contributed by atoms with Crippen molar-refractivity contribution in [3.05, 3.63) is 35.0 Å². The lowest BCUT2D eigenvalue weighted by Gasteiger charge is -2.22. The van der Waals surface area contributed by atoms with Gasteiger partial charge in [-0.3, -0.25) is 9.88 Å². The molecule has 3 aromatic heterocycles. The van der Waals surface area contributed by atoms with E-state index in [4.69, 9.17) is 16.1 Å². The molecular formula is C23H29N5OSSi. The van der Waals surface area contributed by atoms with Crippen LogP contribution in [-0.4, -0.2) is 41.6 Å². The highest BCUT2D eigenvalue weighted by molar-refractivity contribution is 7.15. The van der Waals surface area contributed by atoms with Crippen LogP contribution in [0.4, 0.5) is 10.9 Å². The fourth-order valence-electron chi connectivity index (χ4n) is 3.65. The van der Waals surface area contributed by atoms with Crippen molar-refractivity contribution >= 4 is 41.4 Å². The lowest BCUT2D eigenvalue weighted by molar-refractivity contribution is 0.153. The predicted octanol–water partition coefficient (Wildman–Crippen LogP) is 5.57. The van der Waals surface area contributed by atoms with Gasteiger partial charge in [-0.2, -0.15) is 0 Å². The number of nitrogens with zero attached hydrogens (tertiary/aromatic N) is 5. The van der Waals surface area contributed by atoms with Crippen molar-refractivity contribution in [1.29, 1.82) is 0 Å². The second kappa shape index (κ2) is 9.43. The molecule has 4 rings (SSSR count). The van der Waals surface area contributed by atoms with Gasteiger partial charge in [0.05, 0.1) is 11.0 Å². The van der Waals surface area contributed by atoms with Gasteiger partial charge in [-0.15, -0.1) is 16.6 Å². The van der Waals surface area contributed by atoms with Crippen LogP contribution >= 0.6 is 11.3 Å². The summed E-state index contributed by atoms with van der Waals surface area (Å²) in [6.45, 7) is 8.19. The first-order chi connectivity index (χ1) is 14.9. The minimum absolute atomic E-state index is 0.393. The Kier molecular flexibility index (Phi) is 6.65. The van der Waals surface area contributed by atoms with Crippen molar-refractivity contribution in [2.75, 3.05) is 18.2 Å². The minimum atomic E-state index is -1.16. The summed E-state index contributed by atoms with van der Waals surface area (Å²) in [7, 11) is -1.16. The fourth-order valence-corrected chi connectivity index (χ4v) is 5.42. The molecule has 3 heterocycles. The molecule has 0 atom stereocenters. The van der Waals surface area contributed by atoms with E-state index in [1.54, 1.807) is 17.5 Å². The summed E-state index contributed by atoms with van der Waals surface area (Å²) in [6.07, 6.45) is 12.2. The van der Waals surface area contributed by atoms with Gasteiger partial charge in [0.1, 0.15) is 17.6 Å². The number of pyridine rings is 2. The summed E-state index contributed by atoms with van der Waals surface area (Å²) in [4.78, 5) is 11.3. The molecule has 1 saturated carbocycles. The van der Waals surface area contributed by atoms with Crippen molar-refractivity contribution in [1.82, 2.24) is 20.2 Å². The van der Waals surface area contributed by atoms with E-state index in [0.717, 1.165) is 45.2 Å². The SMILES string of the molecule is C#Cc1cnc2ccc(N(COCC[Si](C)(C)C)c3nnc(C4CCCC4)s3)nc2c1. The molecule has 6 nitrogen and oxygen atoms in total. The van der Waals surface area contributed by atoms with Crippen LogP contribution in [0.2, 0.25) is 25.7 Å². The van der Waals surface area contributed by atoms with Crippen LogP contribution in [0.15, 0.2) is 24.4 Å². The van der Waals surface area contributed by atoms with E-state index in [2.05, 4.69) is 40.7 Å². The monoisotopic (exact) mass is 451 g/mol. The quantitative estimate of drug-likeness (QED) is 0.193. The van der Waals surface area contributed by atoms with Gasteiger partial charge in [0.25, 0.3) is 0 Å². The van der Waals surface area contributed by atoms with Crippen LogP contribution in [0.5, 0.6) is 0 Å². The first-order valence-electron chi connectivity index (χ1n) is 10.8. The Morgan fingerprint density at radius 2 is 2.00 bits per heavy atom. The molecular weight excluding hydrogens is 422 g/mol. The molecule has 1 aliphatic carbocycles. The average Bonchev–Trinajstić information content (AvgIpc) is 3.44. The number of ether oxygens (including phenoxy) is 1. The third-order valence-corrected chi connectivity index (χ3v) is 8.36. The highest BCUT2D eigenvalue weighted by Crippen LogP contribution is 2.38. The number of anilines is 2. The Balaban J connectivity index is 1.61. The van der Waals surface area contributed by atoms with Gasteiger partial charge in [-0.1, -0.05) is 49.7 Å². The average molecular weight is 452 g/mol. The molecule has 1 fully saturated rings. The lowest BCUT2D eigenvalue weighted by Crippen LogP contribution is -2.26. The van der Waals surface area contributed by atoms with Crippen LogP contribution in [0, 0.1) is 12.3 Å². The number of hydrogen-bond donors (Lipinski definition) is 0. The molecule has 31 heavy (non-hydrogen) atoms.